The standard InChI is InChI=1S/C16H25N3O2/c1-11-9-13(17)6-7-15(11)18-16(20)12(2)19(3)10-14-5-4-8-21-14/h6-7,9,12,14H,4-5,8,10,17H2,1-3H3,(H,18,20). The quantitative estimate of drug-likeness (QED) is 0.814. The van der Waals surface area contributed by atoms with Crippen LogP contribution in [0.5, 0.6) is 0 Å². The first-order valence-electron chi connectivity index (χ1n) is 7.46. The molecule has 1 amide bonds. The summed E-state index contributed by atoms with van der Waals surface area (Å²) in [6, 6.07) is 5.29. The summed E-state index contributed by atoms with van der Waals surface area (Å²) in [7, 11) is 1.96. The Bertz CT molecular complexity index is 498. The molecule has 0 bridgehead atoms. The van der Waals surface area contributed by atoms with Crippen molar-refractivity contribution in [2.75, 3.05) is 31.2 Å². The van der Waals surface area contributed by atoms with Gasteiger partial charge in [-0.3, -0.25) is 9.69 Å². The highest BCUT2D eigenvalue weighted by Crippen LogP contribution is 2.19. The second-order valence-corrected chi connectivity index (χ2v) is 5.81. The van der Waals surface area contributed by atoms with E-state index in [-0.39, 0.29) is 18.1 Å². The summed E-state index contributed by atoms with van der Waals surface area (Å²) in [4.78, 5) is 14.4. The lowest BCUT2D eigenvalue weighted by Gasteiger charge is -2.26. The number of hydrogen-bond donors (Lipinski definition) is 2. The van der Waals surface area contributed by atoms with Crippen molar-refractivity contribution in [3.8, 4) is 0 Å². The molecular formula is C16H25N3O2. The van der Waals surface area contributed by atoms with Crippen molar-refractivity contribution in [2.24, 2.45) is 0 Å². The molecule has 0 aromatic heterocycles. The minimum absolute atomic E-state index is 0.0108. The molecular weight excluding hydrogens is 266 g/mol. The number of hydrogen-bond acceptors (Lipinski definition) is 4. The summed E-state index contributed by atoms with van der Waals surface area (Å²) >= 11 is 0. The number of anilines is 2. The van der Waals surface area contributed by atoms with Crippen molar-refractivity contribution in [3.05, 3.63) is 23.8 Å². The Balaban J connectivity index is 1.91. The van der Waals surface area contributed by atoms with E-state index in [1.165, 1.54) is 0 Å². The maximum absolute atomic E-state index is 12.3. The highest BCUT2D eigenvalue weighted by atomic mass is 16.5. The Morgan fingerprint density at radius 2 is 2.33 bits per heavy atom. The molecule has 0 saturated carbocycles. The van der Waals surface area contributed by atoms with Gasteiger partial charge >= 0.3 is 0 Å². The van der Waals surface area contributed by atoms with Gasteiger partial charge in [0.15, 0.2) is 0 Å². The van der Waals surface area contributed by atoms with Crippen LogP contribution in [0.4, 0.5) is 11.4 Å². The number of likely N-dealkylation sites (N-methyl/N-ethyl adjacent to an activating group) is 1. The number of aryl methyl sites for hydroxylation is 1. The highest BCUT2D eigenvalue weighted by molar-refractivity contribution is 5.95. The van der Waals surface area contributed by atoms with Crippen molar-refractivity contribution in [1.82, 2.24) is 4.90 Å². The van der Waals surface area contributed by atoms with Crippen LogP contribution in [0.15, 0.2) is 18.2 Å². The van der Waals surface area contributed by atoms with Gasteiger partial charge in [-0.2, -0.15) is 0 Å². The van der Waals surface area contributed by atoms with Crippen molar-refractivity contribution < 1.29 is 9.53 Å². The number of nitrogen functional groups attached to an aromatic ring is 1. The molecule has 1 aromatic carbocycles. The molecule has 3 N–H and O–H groups in total. The van der Waals surface area contributed by atoms with E-state index in [2.05, 4.69) is 5.32 Å². The van der Waals surface area contributed by atoms with Gasteiger partial charge in [-0.25, -0.2) is 0 Å². The summed E-state index contributed by atoms with van der Waals surface area (Å²) in [5.74, 6) is -0.0108. The van der Waals surface area contributed by atoms with Gasteiger partial charge in [0.25, 0.3) is 0 Å². The first kappa shape index (κ1) is 15.8. The largest absolute Gasteiger partial charge is 0.399 e. The molecule has 0 radical (unpaired) electrons. The number of carbonyl (C=O) groups is 1. The lowest BCUT2D eigenvalue weighted by atomic mass is 10.1. The summed E-state index contributed by atoms with van der Waals surface area (Å²) in [5, 5.41) is 2.97. The van der Waals surface area contributed by atoms with E-state index >= 15 is 0 Å². The molecule has 2 rings (SSSR count). The molecule has 1 saturated heterocycles. The number of carbonyl (C=O) groups excluding carboxylic acids is 1. The molecule has 1 aromatic rings. The van der Waals surface area contributed by atoms with E-state index in [0.717, 1.165) is 37.2 Å². The third kappa shape index (κ3) is 4.19. The van der Waals surface area contributed by atoms with Gasteiger partial charge in [0, 0.05) is 24.5 Å². The van der Waals surface area contributed by atoms with Crippen LogP contribution in [0.25, 0.3) is 0 Å². The van der Waals surface area contributed by atoms with Gasteiger partial charge in [-0.05, 0) is 57.5 Å². The maximum atomic E-state index is 12.3. The van der Waals surface area contributed by atoms with Crippen molar-refractivity contribution in [2.45, 2.75) is 38.8 Å². The fourth-order valence-corrected chi connectivity index (χ4v) is 2.53. The third-order valence-electron chi connectivity index (χ3n) is 4.06. The van der Waals surface area contributed by atoms with Gasteiger partial charge in [0.05, 0.1) is 12.1 Å². The van der Waals surface area contributed by atoms with Crippen LogP contribution in [-0.2, 0) is 9.53 Å². The third-order valence-corrected chi connectivity index (χ3v) is 4.06. The van der Waals surface area contributed by atoms with E-state index in [0.29, 0.717) is 5.69 Å². The van der Waals surface area contributed by atoms with Crippen molar-refractivity contribution >= 4 is 17.3 Å². The Labute approximate surface area is 126 Å². The lowest BCUT2D eigenvalue weighted by molar-refractivity contribution is -0.120. The molecule has 0 spiro atoms. The monoisotopic (exact) mass is 291 g/mol. The molecule has 5 heteroatoms. The van der Waals surface area contributed by atoms with Crippen molar-refractivity contribution in [3.63, 3.8) is 0 Å². The highest BCUT2D eigenvalue weighted by Gasteiger charge is 2.23. The predicted octanol–water partition coefficient (Wildman–Crippen LogP) is 2.02. The minimum atomic E-state index is -0.203. The fraction of sp³-hybridized carbons (Fsp3) is 0.562. The number of nitrogens with zero attached hydrogens (tertiary/aromatic N) is 1. The smallest absolute Gasteiger partial charge is 0.241 e. The number of nitrogens with one attached hydrogen (secondary N) is 1. The number of ether oxygens (including phenoxy) is 1. The van der Waals surface area contributed by atoms with Gasteiger partial charge in [-0.1, -0.05) is 0 Å². The van der Waals surface area contributed by atoms with E-state index < -0.39 is 0 Å². The van der Waals surface area contributed by atoms with Crippen LogP contribution >= 0.6 is 0 Å². The first-order chi connectivity index (χ1) is 9.97. The zero-order valence-electron chi connectivity index (χ0n) is 13.1. The molecule has 1 fully saturated rings. The van der Waals surface area contributed by atoms with Gasteiger partial charge < -0.3 is 15.8 Å². The Morgan fingerprint density at radius 3 is 2.95 bits per heavy atom. The Hall–Kier alpha value is -1.59. The van der Waals surface area contributed by atoms with Crippen LogP contribution < -0.4 is 11.1 Å². The van der Waals surface area contributed by atoms with E-state index in [1.807, 2.05) is 37.9 Å². The molecule has 1 heterocycles. The van der Waals surface area contributed by atoms with E-state index in [4.69, 9.17) is 10.5 Å². The molecule has 0 aliphatic carbocycles. The molecule has 5 nitrogen and oxygen atoms in total. The maximum Gasteiger partial charge on any atom is 0.241 e. The van der Waals surface area contributed by atoms with Crippen LogP contribution in [0.2, 0.25) is 0 Å². The second-order valence-electron chi connectivity index (χ2n) is 5.81. The zero-order valence-corrected chi connectivity index (χ0v) is 13.1. The van der Waals surface area contributed by atoms with E-state index in [9.17, 15) is 4.79 Å². The van der Waals surface area contributed by atoms with Crippen LogP contribution in [0.1, 0.15) is 25.3 Å². The topological polar surface area (TPSA) is 67.6 Å². The molecule has 2 atom stereocenters. The van der Waals surface area contributed by atoms with Gasteiger partial charge in [0.1, 0.15) is 0 Å². The summed E-state index contributed by atoms with van der Waals surface area (Å²) in [6.07, 6.45) is 2.45. The molecule has 2 unspecified atom stereocenters. The fourth-order valence-electron chi connectivity index (χ4n) is 2.53. The van der Waals surface area contributed by atoms with E-state index in [1.54, 1.807) is 6.07 Å². The second kappa shape index (κ2) is 6.91. The predicted molar refractivity (Wildman–Crippen MR) is 85.3 cm³/mol. The van der Waals surface area contributed by atoms with Crippen LogP contribution in [-0.4, -0.2) is 43.2 Å². The average molecular weight is 291 g/mol. The number of rotatable bonds is 5. The van der Waals surface area contributed by atoms with Gasteiger partial charge in [0.2, 0.25) is 5.91 Å². The summed E-state index contributed by atoms with van der Waals surface area (Å²) in [6.45, 7) is 5.47. The minimum Gasteiger partial charge on any atom is -0.399 e. The zero-order chi connectivity index (χ0) is 15.4. The molecule has 116 valence electrons. The molecule has 1 aliphatic heterocycles. The SMILES string of the molecule is Cc1cc(N)ccc1NC(=O)C(C)N(C)CC1CCCO1. The Morgan fingerprint density at radius 1 is 1.57 bits per heavy atom. The first-order valence-corrected chi connectivity index (χ1v) is 7.46. The van der Waals surface area contributed by atoms with Crippen LogP contribution in [0, 0.1) is 6.92 Å². The number of nitrogens with two attached hydrogens (primary N) is 1. The number of amides is 1. The van der Waals surface area contributed by atoms with Crippen molar-refractivity contribution in [1.29, 1.82) is 0 Å². The van der Waals surface area contributed by atoms with Gasteiger partial charge in [-0.15, -0.1) is 0 Å². The lowest BCUT2D eigenvalue weighted by Crippen LogP contribution is -2.43. The Kier molecular flexibility index (Phi) is 5.20. The molecule has 21 heavy (non-hydrogen) atoms. The summed E-state index contributed by atoms with van der Waals surface area (Å²) < 4.78 is 5.62. The summed E-state index contributed by atoms with van der Waals surface area (Å²) in [5.41, 5.74) is 8.21. The average Bonchev–Trinajstić information content (AvgIpc) is 2.93. The normalized spacial score (nSPS) is 19.7. The van der Waals surface area contributed by atoms with Crippen LogP contribution in [0.3, 0.4) is 0 Å². The molecule has 1 aliphatic rings. The number of benzene rings is 1.